The minimum Gasteiger partial charge on any atom is -0.460 e. The van der Waals surface area contributed by atoms with Crippen molar-refractivity contribution in [3.63, 3.8) is 0 Å². The molecule has 2 fully saturated rings. The Hall–Kier alpha value is -2.26. The highest BCUT2D eigenvalue weighted by atomic mass is 28.4. The van der Waals surface area contributed by atoms with E-state index in [1.807, 2.05) is 39.8 Å². The molecule has 0 unspecified atom stereocenters. The van der Waals surface area contributed by atoms with Crippen LogP contribution in [0.2, 0.25) is 54.4 Å². The molecule has 2 aliphatic heterocycles. The normalized spacial score (nSPS) is 26.4. The van der Waals surface area contributed by atoms with E-state index in [0.717, 1.165) is 5.57 Å². The standard InChI is InChI=1S/C57H104O13Si3/c1-27-30-38(5)49-56(19,67-49)50(70-73(25,26)55(16,17)18)43(36-65-52(60)64-34-29-3)46-37(4)31-32-57(61,66-46)40(7)35-39(6)45(68-71(21,22)53(10,11)12)41(8)44(58)42(9)47(62-20)48(51(59)63-33-28-2)69-72(23,24)54(13,14)15/h27-30,35,37-38,40-43,45-50,61H,2-3,31-34,36H2,1,4-26H3/b30-27-,39-35+/t37-,38+,40+,41+,42-,43+,45+,46-,47+,48-,49-,50+,56-,57+/m1/s1. The number of hydrogen-bond donors (Lipinski definition) is 1. The molecule has 0 saturated carbocycles. The number of ketones is 1. The summed E-state index contributed by atoms with van der Waals surface area (Å²) in [6, 6.07) is 0. The third-order valence-electron chi connectivity index (χ3n) is 17.2. The Kier molecular flexibility index (Phi) is 23.7. The first-order valence-electron chi connectivity index (χ1n) is 26.8. The zero-order chi connectivity index (χ0) is 56.7. The van der Waals surface area contributed by atoms with Crippen molar-refractivity contribution in [2.45, 2.75) is 233 Å². The van der Waals surface area contributed by atoms with Crippen LogP contribution in [0.1, 0.15) is 131 Å². The van der Waals surface area contributed by atoms with Crippen LogP contribution in [0.4, 0.5) is 4.79 Å². The van der Waals surface area contributed by atoms with E-state index in [0.29, 0.717) is 12.8 Å². The Morgan fingerprint density at radius 2 is 1.26 bits per heavy atom. The van der Waals surface area contributed by atoms with Crippen molar-refractivity contribution in [3.05, 3.63) is 49.1 Å². The molecular formula is C57H104O13Si3. The smallest absolute Gasteiger partial charge is 0.460 e. The third-order valence-corrected chi connectivity index (χ3v) is 30.5. The molecule has 0 radical (unpaired) electrons. The number of carbonyl (C=O) groups is 3. The molecule has 0 spiro atoms. The molecule has 13 nitrogen and oxygen atoms in total. The Bertz CT molecular complexity index is 1910. The Balaban J connectivity index is 2.80. The predicted molar refractivity (Wildman–Crippen MR) is 301 cm³/mol. The Morgan fingerprint density at radius 1 is 0.767 bits per heavy atom. The van der Waals surface area contributed by atoms with E-state index in [1.165, 1.54) is 19.3 Å². The van der Waals surface area contributed by atoms with Gasteiger partial charge >= 0.3 is 12.1 Å². The van der Waals surface area contributed by atoms with Crippen molar-refractivity contribution in [2.75, 3.05) is 26.9 Å². The van der Waals surface area contributed by atoms with Crippen molar-refractivity contribution in [3.8, 4) is 0 Å². The van der Waals surface area contributed by atoms with E-state index >= 15 is 4.79 Å². The molecule has 16 heteroatoms. The van der Waals surface area contributed by atoms with E-state index in [-0.39, 0.29) is 58.7 Å². The summed E-state index contributed by atoms with van der Waals surface area (Å²) >= 11 is 0. The van der Waals surface area contributed by atoms with Gasteiger partial charge in [-0.25, -0.2) is 9.59 Å². The molecule has 0 bridgehead atoms. The summed E-state index contributed by atoms with van der Waals surface area (Å²) in [5.74, 6) is -5.20. The van der Waals surface area contributed by atoms with E-state index in [1.54, 1.807) is 6.92 Å². The van der Waals surface area contributed by atoms with Crippen LogP contribution < -0.4 is 0 Å². The van der Waals surface area contributed by atoms with E-state index < -0.39 is 103 Å². The number of ether oxygens (including phenoxy) is 6. The number of rotatable bonds is 27. The molecule has 422 valence electrons. The van der Waals surface area contributed by atoms with Crippen molar-refractivity contribution < 1.29 is 61.2 Å². The fourth-order valence-electron chi connectivity index (χ4n) is 9.15. The predicted octanol–water partition coefficient (Wildman–Crippen LogP) is 13.2. The lowest BCUT2D eigenvalue weighted by Crippen LogP contribution is -2.59. The summed E-state index contributed by atoms with van der Waals surface area (Å²) in [7, 11) is -6.21. The van der Waals surface area contributed by atoms with Gasteiger partial charge in [-0.2, -0.15) is 0 Å². The average Bonchev–Trinajstić information content (AvgIpc) is 3.97. The molecule has 2 rings (SSSR count). The van der Waals surface area contributed by atoms with Crippen LogP contribution >= 0.6 is 0 Å². The second-order valence-electron chi connectivity index (χ2n) is 26.1. The Labute approximate surface area is 446 Å². The first-order valence-corrected chi connectivity index (χ1v) is 35.5. The largest absolute Gasteiger partial charge is 0.508 e. The van der Waals surface area contributed by atoms with Crippen LogP contribution in [0.5, 0.6) is 0 Å². The maximum Gasteiger partial charge on any atom is 0.508 e. The summed E-state index contributed by atoms with van der Waals surface area (Å²) in [6.45, 7) is 55.2. The first-order chi connectivity index (χ1) is 33.1. The Morgan fingerprint density at radius 3 is 1.74 bits per heavy atom. The monoisotopic (exact) mass is 1080 g/mol. The van der Waals surface area contributed by atoms with Gasteiger partial charge in [0.2, 0.25) is 0 Å². The fraction of sp³-hybridized carbons (Fsp3) is 0.807. The maximum absolute atomic E-state index is 15.1. The quantitative estimate of drug-likeness (QED) is 0.0359. The molecule has 2 saturated heterocycles. The lowest BCUT2D eigenvalue weighted by Gasteiger charge is -2.50. The minimum absolute atomic E-state index is 0.0104. The van der Waals surface area contributed by atoms with Crippen LogP contribution in [-0.4, -0.2) is 123 Å². The van der Waals surface area contributed by atoms with Gasteiger partial charge in [-0.3, -0.25) is 4.79 Å². The van der Waals surface area contributed by atoms with Gasteiger partial charge in [-0.05, 0) is 93.1 Å². The van der Waals surface area contributed by atoms with E-state index in [4.69, 9.17) is 41.7 Å². The minimum atomic E-state index is -2.59. The number of esters is 1. The summed E-state index contributed by atoms with van der Waals surface area (Å²) in [6.07, 6.45) is 4.92. The van der Waals surface area contributed by atoms with Gasteiger partial charge < -0.3 is 46.8 Å². The lowest BCUT2D eigenvalue weighted by atomic mass is 9.76. The number of aliphatic hydroxyl groups is 1. The molecule has 0 aromatic carbocycles. The molecule has 73 heavy (non-hydrogen) atoms. The number of Topliss-reactive ketones (excluding diaryl/α,β-unsaturated/α-hetero) is 1. The van der Waals surface area contributed by atoms with Gasteiger partial charge in [0.05, 0.1) is 24.4 Å². The molecule has 14 atom stereocenters. The third kappa shape index (κ3) is 16.9. The lowest BCUT2D eigenvalue weighted by molar-refractivity contribution is -0.299. The van der Waals surface area contributed by atoms with Crippen molar-refractivity contribution in [1.82, 2.24) is 0 Å². The summed E-state index contributed by atoms with van der Waals surface area (Å²) in [4.78, 5) is 42.0. The fourth-order valence-corrected chi connectivity index (χ4v) is 13.1. The number of hydrogen-bond acceptors (Lipinski definition) is 13. The molecular weight excluding hydrogens is 977 g/mol. The SMILES string of the molecule is C=CCOC(=O)OC[C@@H]([C@@H]1O[C@](O)([C@@H](C)/C=C(\C)[C@H](O[Si](C)(C)C(C)(C)C)[C@@H](C)C(=O)[C@@H](C)[C@H](OC)[C@@H](O[Si](C)(C)C(C)(C)C)C(=O)OCC=C)CC[C@H]1C)[C@H](O[Si](C)(C)C(C)(C)C)[C@]1(C)O[C@@H]1[C@@H](C)/C=C\C. The second kappa shape index (κ2) is 25.9. The van der Waals surface area contributed by atoms with Crippen LogP contribution in [0, 0.1) is 35.5 Å². The van der Waals surface area contributed by atoms with Crippen molar-refractivity contribution >= 4 is 42.9 Å². The summed E-state index contributed by atoms with van der Waals surface area (Å²) in [5.41, 5.74) is -0.0119. The van der Waals surface area contributed by atoms with Gasteiger partial charge in [0.25, 0.3) is 0 Å². The van der Waals surface area contributed by atoms with Gasteiger partial charge in [-0.1, -0.05) is 140 Å². The summed E-state index contributed by atoms with van der Waals surface area (Å²) < 4.78 is 58.0. The molecule has 0 aromatic heterocycles. The van der Waals surface area contributed by atoms with E-state index in [2.05, 4.69) is 142 Å². The highest BCUT2D eigenvalue weighted by Crippen LogP contribution is 2.53. The van der Waals surface area contributed by atoms with Crippen LogP contribution in [0.25, 0.3) is 0 Å². The van der Waals surface area contributed by atoms with Crippen molar-refractivity contribution in [2.24, 2.45) is 35.5 Å². The van der Waals surface area contributed by atoms with Crippen molar-refractivity contribution in [1.29, 1.82) is 0 Å². The first kappa shape index (κ1) is 66.9. The van der Waals surface area contributed by atoms with Crippen LogP contribution in [0.3, 0.4) is 0 Å². The summed E-state index contributed by atoms with van der Waals surface area (Å²) in [5, 5.41) is 12.3. The molecule has 0 amide bonds. The highest BCUT2D eigenvalue weighted by Gasteiger charge is 2.65. The molecule has 1 N–H and O–H groups in total. The molecule has 0 aliphatic carbocycles. The molecule has 0 aromatic rings. The number of epoxide rings is 1. The maximum atomic E-state index is 15.1. The zero-order valence-corrected chi connectivity index (χ0v) is 53.1. The molecule has 2 aliphatic rings. The number of allylic oxidation sites excluding steroid dienone is 1. The topological polar surface area (TPSA) is 158 Å². The highest BCUT2D eigenvalue weighted by molar-refractivity contribution is 6.75. The van der Waals surface area contributed by atoms with Crippen LogP contribution in [0.15, 0.2) is 49.1 Å². The van der Waals surface area contributed by atoms with Crippen LogP contribution in [-0.2, 0) is 51.3 Å². The second-order valence-corrected chi connectivity index (χ2v) is 40.3. The van der Waals surface area contributed by atoms with Gasteiger partial charge in [0, 0.05) is 43.1 Å². The number of carbonyl (C=O) groups excluding carboxylic acids is 3. The van der Waals surface area contributed by atoms with E-state index in [9.17, 15) is 14.7 Å². The average molecular weight is 1080 g/mol. The number of methoxy groups -OCH3 is 1. The molecule has 2 heterocycles. The van der Waals surface area contributed by atoms with Gasteiger partial charge in [0.15, 0.2) is 36.8 Å². The van der Waals surface area contributed by atoms with Gasteiger partial charge in [0.1, 0.15) is 37.3 Å². The zero-order valence-electron chi connectivity index (χ0n) is 50.1. The van der Waals surface area contributed by atoms with Gasteiger partial charge in [-0.15, -0.1) is 0 Å².